The highest BCUT2D eigenvalue weighted by Gasteiger charge is 2.42. The molecule has 3 rings (SSSR count). The first-order valence-corrected chi connectivity index (χ1v) is 11.0. The molecule has 1 unspecified atom stereocenters. The van der Waals surface area contributed by atoms with E-state index in [1.54, 1.807) is 16.7 Å². The summed E-state index contributed by atoms with van der Waals surface area (Å²) >= 11 is 3.16. The van der Waals surface area contributed by atoms with Gasteiger partial charge in [0.2, 0.25) is 15.9 Å². The molecule has 0 saturated carbocycles. The first-order valence-electron chi connectivity index (χ1n) is 7.22. The van der Waals surface area contributed by atoms with Crippen molar-refractivity contribution >= 4 is 39.5 Å². The molecule has 0 spiro atoms. The molecular formula is C14H17FN2O3S3. The minimum absolute atomic E-state index is 0.171. The van der Waals surface area contributed by atoms with Gasteiger partial charge in [0.25, 0.3) is 0 Å². The van der Waals surface area contributed by atoms with Gasteiger partial charge >= 0.3 is 0 Å². The van der Waals surface area contributed by atoms with Gasteiger partial charge in [0.1, 0.15) is 16.8 Å². The number of thioether (sulfide) groups is 2. The number of benzene rings is 1. The van der Waals surface area contributed by atoms with Gasteiger partial charge < -0.3 is 4.90 Å². The summed E-state index contributed by atoms with van der Waals surface area (Å²) in [6.07, 6.45) is 0. The Morgan fingerprint density at radius 1 is 1.17 bits per heavy atom. The number of hydrogen-bond donors (Lipinski definition) is 0. The lowest BCUT2D eigenvalue weighted by Gasteiger charge is -2.31. The van der Waals surface area contributed by atoms with Crippen LogP contribution in [0.5, 0.6) is 0 Å². The van der Waals surface area contributed by atoms with E-state index in [2.05, 4.69) is 0 Å². The third-order valence-electron chi connectivity index (χ3n) is 3.87. The first-order chi connectivity index (χ1) is 11.0. The number of carbonyl (C=O) groups excluding carboxylic acids is 1. The average Bonchev–Trinajstić information content (AvgIpc) is 3.05. The van der Waals surface area contributed by atoms with E-state index in [1.807, 2.05) is 0 Å². The van der Waals surface area contributed by atoms with Crippen LogP contribution in [-0.2, 0) is 14.8 Å². The summed E-state index contributed by atoms with van der Waals surface area (Å²) in [6.45, 7) is 1.27. The van der Waals surface area contributed by atoms with Crippen LogP contribution in [0.4, 0.5) is 4.39 Å². The molecule has 2 saturated heterocycles. The Morgan fingerprint density at radius 2 is 1.87 bits per heavy atom. The second kappa shape index (κ2) is 7.00. The minimum Gasteiger partial charge on any atom is -0.340 e. The number of nitrogens with zero attached hydrogens (tertiary/aromatic N) is 2. The number of carbonyl (C=O) groups is 1. The maximum atomic E-state index is 13.9. The van der Waals surface area contributed by atoms with Crippen LogP contribution in [0.25, 0.3) is 0 Å². The molecule has 2 aliphatic heterocycles. The Balaban J connectivity index is 1.86. The summed E-state index contributed by atoms with van der Waals surface area (Å²) in [5.74, 6) is 1.36. The highest BCUT2D eigenvalue weighted by Crippen LogP contribution is 2.30. The van der Waals surface area contributed by atoms with E-state index in [0.717, 1.165) is 21.9 Å². The second-order valence-electron chi connectivity index (χ2n) is 5.28. The molecule has 0 aromatic heterocycles. The van der Waals surface area contributed by atoms with Crippen LogP contribution in [0.1, 0.15) is 0 Å². The Bertz CT molecular complexity index is 692. The van der Waals surface area contributed by atoms with Gasteiger partial charge in [-0.15, -0.1) is 11.8 Å². The Labute approximate surface area is 143 Å². The third-order valence-corrected chi connectivity index (χ3v) is 7.88. The molecule has 2 fully saturated rings. The van der Waals surface area contributed by atoms with Crippen molar-refractivity contribution in [1.29, 1.82) is 0 Å². The largest absolute Gasteiger partial charge is 0.340 e. The van der Waals surface area contributed by atoms with Crippen molar-refractivity contribution < 1.29 is 17.6 Å². The first kappa shape index (κ1) is 17.1. The number of halogens is 1. The van der Waals surface area contributed by atoms with Crippen molar-refractivity contribution in [2.24, 2.45) is 0 Å². The summed E-state index contributed by atoms with van der Waals surface area (Å²) < 4.78 is 40.6. The quantitative estimate of drug-likeness (QED) is 0.800. The fraction of sp³-hybridized carbons (Fsp3) is 0.500. The van der Waals surface area contributed by atoms with E-state index < -0.39 is 21.9 Å². The molecule has 1 aromatic carbocycles. The highest BCUT2D eigenvalue weighted by molar-refractivity contribution is 8.00. The number of hydrogen-bond acceptors (Lipinski definition) is 5. The molecular weight excluding hydrogens is 359 g/mol. The monoisotopic (exact) mass is 376 g/mol. The maximum absolute atomic E-state index is 13.9. The van der Waals surface area contributed by atoms with Crippen LogP contribution < -0.4 is 0 Å². The zero-order chi connectivity index (χ0) is 16.4. The standard InChI is InChI=1S/C14H17FN2O3S3/c15-11-3-1-2-4-13(11)23(19,20)17-10-22-9-12(17)14(18)16-5-7-21-8-6-16/h1-4,12H,5-10H2. The van der Waals surface area contributed by atoms with Gasteiger partial charge in [-0.1, -0.05) is 12.1 Å². The van der Waals surface area contributed by atoms with E-state index >= 15 is 0 Å². The molecule has 126 valence electrons. The summed E-state index contributed by atoms with van der Waals surface area (Å²) in [4.78, 5) is 14.0. The molecule has 2 heterocycles. The average molecular weight is 377 g/mol. The molecule has 5 nitrogen and oxygen atoms in total. The van der Waals surface area contributed by atoms with Gasteiger partial charge in [0, 0.05) is 30.3 Å². The second-order valence-corrected chi connectivity index (χ2v) is 9.36. The zero-order valence-corrected chi connectivity index (χ0v) is 14.8. The molecule has 0 N–H and O–H groups in total. The summed E-state index contributed by atoms with van der Waals surface area (Å²) in [5, 5.41) is 0. The Hall–Kier alpha value is -0.770. The molecule has 2 aliphatic rings. The number of rotatable bonds is 3. The molecule has 1 atom stereocenters. The Morgan fingerprint density at radius 3 is 2.57 bits per heavy atom. The lowest BCUT2D eigenvalue weighted by molar-refractivity contribution is -0.133. The fourth-order valence-electron chi connectivity index (χ4n) is 2.63. The highest BCUT2D eigenvalue weighted by atomic mass is 32.2. The van der Waals surface area contributed by atoms with Crippen molar-refractivity contribution in [1.82, 2.24) is 9.21 Å². The van der Waals surface area contributed by atoms with E-state index in [0.29, 0.717) is 18.8 Å². The fourth-order valence-corrected chi connectivity index (χ4v) is 6.74. The van der Waals surface area contributed by atoms with Gasteiger partial charge in [-0.25, -0.2) is 12.8 Å². The van der Waals surface area contributed by atoms with Crippen LogP contribution >= 0.6 is 23.5 Å². The molecule has 0 aliphatic carbocycles. The van der Waals surface area contributed by atoms with Gasteiger partial charge in [0.05, 0.1) is 5.88 Å². The maximum Gasteiger partial charge on any atom is 0.247 e. The number of sulfonamides is 1. The molecule has 0 bridgehead atoms. The van der Waals surface area contributed by atoms with E-state index in [1.165, 1.54) is 30.0 Å². The van der Waals surface area contributed by atoms with Crippen molar-refractivity contribution in [3.8, 4) is 0 Å². The number of amides is 1. The lowest BCUT2D eigenvalue weighted by Crippen LogP contribution is -2.51. The van der Waals surface area contributed by atoms with Crippen molar-refractivity contribution in [3.05, 3.63) is 30.1 Å². The van der Waals surface area contributed by atoms with E-state index in [-0.39, 0.29) is 16.7 Å². The van der Waals surface area contributed by atoms with Gasteiger partial charge in [0.15, 0.2) is 0 Å². The van der Waals surface area contributed by atoms with Crippen LogP contribution in [0.2, 0.25) is 0 Å². The van der Waals surface area contributed by atoms with E-state index in [9.17, 15) is 17.6 Å². The van der Waals surface area contributed by atoms with Gasteiger partial charge in [-0.2, -0.15) is 16.1 Å². The van der Waals surface area contributed by atoms with Crippen LogP contribution in [0.3, 0.4) is 0 Å². The topological polar surface area (TPSA) is 57.7 Å². The molecule has 23 heavy (non-hydrogen) atoms. The Kier molecular flexibility index (Phi) is 5.19. The normalized spacial score (nSPS) is 23.2. The molecule has 1 aromatic rings. The molecule has 1 amide bonds. The smallest absolute Gasteiger partial charge is 0.247 e. The summed E-state index contributed by atoms with van der Waals surface area (Å²) in [5.41, 5.74) is 0. The summed E-state index contributed by atoms with van der Waals surface area (Å²) in [6, 6.07) is 4.55. The van der Waals surface area contributed by atoms with Crippen LogP contribution in [0, 0.1) is 5.82 Å². The van der Waals surface area contributed by atoms with E-state index in [4.69, 9.17) is 0 Å². The minimum atomic E-state index is -4.02. The predicted octanol–water partition coefficient (Wildman–Crippen LogP) is 1.46. The van der Waals surface area contributed by atoms with Crippen LogP contribution in [-0.4, -0.2) is 65.8 Å². The SMILES string of the molecule is O=C(C1CSCN1S(=O)(=O)c1ccccc1F)N1CCSCC1. The van der Waals surface area contributed by atoms with Gasteiger partial charge in [-0.3, -0.25) is 4.79 Å². The third kappa shape index (κ3) is 3.38. The van der Waals surface area contributed by atoms with Crippen molar-refractivity contribution in [2.45, 2.75) is 10.9 Å². The van der Waals surface area contributed by atoms with Crippen molar-refractivity contribution in [3.63, 3.8) is 0 Å². The predicted molar refractivity (Wildman–Crippen MR) is 90.4 cm³/mol. The zero-order valence-electron chi connectivity index (χ0n) is 12.4. The molecule has 9 heteroatoms. The lowest BCUT2D eigenvalue weighted by atomic mass is 10.3. The summed E-state index contributed by atoms with van der Waals surface area (Å²) in [7, 11) is -4.02. The molecule has 0 radical (unpaired) electrons. The van der Waals surface area contributed by atoms with Gasteiger partial charge in [-0.05, 0) is 12.1 Å². The van der Waals surface area contributed by atoms with Crippen molar-refractivity contribution in [2.75, 3.05) is 36.2 Å². The van der Waals surface area contributed by atoms with Crippen LogP contribution in [0.15, 0.2) is 29.2 Å².